The fourth-order valence-corrected chi connectivity index (χ4v) is 1.24. The second-order valence-electron chi connectivity index (χ2n) is 3.28. The van der Waals surface area contributed by atoms with Crippen molar-refractivity contribution in [2.45, 2.75) is 6.61 Å². The van der Waals surface area contributed by atoms with Gasteiger partial charge in [-0.1, -0.05) is 6.07 Å². The number of nitro groups is 1. The Morgan fingerprint density at radius 1 is 1.35 bits per heavy atom. The van der Waals surface area contributed by atoms with Crippen LogP contribution in [-0.2, 0) is 6.61 Å². The minimum Gasteiger partial charge on any atom is -0.487 e. The second kappa shape index (κ2) is 5.07. The molecule has 0 amide bonds. The molecule has 0 N–H and O–H groups in total. The number of rotatable bonds is 4. The van der Waals surface area contributed by atoms with E-state index < -0.39 is 4.92 Å². The largest absolute Gasteiger partial charge is 0.487 e. The molecule has 0 bridgehead atoms. The molecule has 17 heavy (non-hydrogen) atoms. The number of hydrogen-bond donors (Lipinski definition) is 0. The SMILES string of the molecule is O=[N+]([O-])c1c[c]c(OCc2ccccn2)cc1. The van der Waals surface area contributed by atoms with Gasteiger partial charge in [-0.2, -0.15) is 0 Å². The maximum Gasteiger partial charge on any atom is 0.270 e. The summed E-state index contributed by atoms with van der Waals surface area (Å²) in [6.45, 7) is 0.315. The van der Waals surface area contributed by atoms with Crippen molar-refractivity contribution in [2.24, 2.45) is 0 Å². The zero-order valence-electron chi connectivity index (χ0n) is 8.87. The third-order valence-corrected chi connectivity index (χ3v) is 2.08. The first-order chi connectivity index (χ1) is 8.25. The maximum absolute atomic E-state index is 10.4. The van der Waals surface area contributed by atoms with Crippen molar-refractivity contribution in [1.82, 2.24) is 4.98 Å². The van der Waals surface area contributed by atoms with Crippen LogP contribution < -0.4 is 4.74 Å². The van der Waals surface area contributed by atoms with Gasteiger partial charge in [0, 0.05) is 24.4 Å². The van der Waals surface area contributed by atoms with Crippen molar-refractivity contribution in [2.75, 3.05) is 0 Å². The van der Waals surface area contributed by atoms with Crippen LogP contribution in [0.4, 0.5) is 5.69 Å². The monoisotopic (exact) mass is 229 g/mol. The number of ether oxygens (including phenoxy) is 1. The van der Waals surface area contributed by atoms with Gasteiger partial charge in [0.1, 0.15) is 12.4 Å². The van der Waals surface area contributed by atoms with Crippen LogP contribution in [0, 0.1) is 16.2 Å². The Labute approximate surface area is 97.8 Å². The maximum atomic E-state index is 10.4. The van der Waals surface area contributed by atoms with Crippen LogP contribution in [0.5, 0.6) is 5.75 Å². The van der Waals surface area contributed by atoms with E-state index in [0.717, 1.165) is 5.69 Å². The Bertz CT molecular complexity index is 497. The summed E-state index contributed by atoms with van der Waals surface area (Å²) in [4.78, 5) is 14.0. The van der Waals surface area contributed by atoms with Crippen LogP contribution in [0.15, 0.2) is 42.6 Å². The number of pyridine rings is 1. The Balaban J connectivity index is 1.98. The molecule has 0 spiro atoms. The molecule has 1 aromatic carbocycles. The normalized spacial score (nSPS) is 9.88. The van der Waals surface area contributed by atoms with Gasteiger partial charge >= 0.3 is 0 Å². The van der Waals surface area contributed by atoms with Gasteiger partial charge in [0.05, 0.1) is 10.6 Å². The van der Waals surface area contributed by atoms with E-state index in [4.69, 9.17) is 4.74 Å². The van der Waals surface area contributed by atoms with Gasteiger partial charge in [-0.05, 0) is 18.2 Å². The first kappa shape index (κ1) is 11.1. The third-order valence-electron chi connectivity index (χ3n) is 2.08. The second-order valence-corrected chi connectivity index (χ2v) is 3.28. The number of nitro benzene ring substituents is 1. The number of aromatic nitrogens is 1. The predicted molar refractivity (Wildman–Crippen MR) is 60.5 cm³/mol. The van der Waals surface area contributed by atoms with Crippen LogP contribution in [0.25, 0.3) is 0 Å². The zero-order valence-corrected chi connectivity index (χ0v) is 8.87. The van der Waals surface area contributed by atoms with Crippen LogP contribution in [0.1, 0.15) is 5.69 Å². The lowest BCUT2D eigenvalue weighted by atomic mass is 10.3. The van der Waals surface area contributed by atoms with Gasteiger partial charge in [-0.3, -0.25) is 15.1 Å². The molecule has 0 aliphatic rings. The van der Waals surface area contributed by atoms with Crippen molar-refractivity contribution in [3.8, 4) is 5.75 Å². The highest BCUT2D eigenvalue weighted by atomic mass is 16.6. The lowest BCUT2D eigenvalue weighted by Crippen LogP contribution is -1.97. The Kier molecular flexibility index (Phi) is 3.30. The van der Waals surface area contributed by atoms with Crippen LogP contribution in [0.3, 0.4) is 0 Å². The summed E-state index contributed by atoms with van der Waals surface area (Å²) in [5.41, 5.74) is 0.787. The summed E-state index contributed by atoms with van der Waals surface area (Å²) < 4.78 is 5.39. The number of non-ortho nitro benzene ring substituents is 1. The molecule has 85 valence electrons. The lowest BCUT2D eigenvalue weighted by Gasteiger charge is -2.04. The fraction of sp³-hybridized carbons (Fsp3) is 0.0833. The van der Waals surface area contributed by atoms with Gasteiger partial charge < -0.3 is 4.74 Å². The molecular weight excluding hydrogens is 220 g/mol. The number of hydrogen-bond acceptors (Lipinski definition) is 4. The molecule has 5 nitrogen and oxygen atoms in total. The quantitative estimate of drug-likeness (QED) is 0.596. The molecule has 1 radical (unpaired) electrons. The van der Waals surface area contributed by atoms with Crippen LogP contribution in [-0.4, -0.2) is 9.91 Å². The summed E-state index contributed by atoms with van der Waals surface area (Å²) in [6, 6.07) is 12.4. The molecule has 0 saturated carbocycles. The van der Waals surface area contributed by atoms with E-state index in [1.807, 2.05) is 18.2 Å². The lowest BCUT2D eigenvalue weighted by molar-refractivity contribution is -0.384. The highest BCUT2D eigenvalue weighted by Crippen LogP contribution is 2.17. The first-order valence-electron chi connectivity index (χ1n) is 4.94. The van der Waals surface area contributed by atoms with E-state index in [-0.39, 0.29) is 5.69 Å². The Morgan fingerprint density at radius 2 is 2.24 bits per heavy atom. The van der Waals surface area contributed by atoms with Gasteiger partial charge in [0.15, 0.2) is 0 Å². The zero-order chi connectivity index (χ0) is 12.1. The van der Waals surface area contributed by atoms with Crippen LogP contribution in [0.2, 0.25) is 0 Å². The minimum absolute atomic E-state index is 0.00446. The number of nitrogens with zero attached hydrogens (tertiary/aromatic N) is 2. The molecule has 0 atom stereocenters. The summed E-state index contributed by atoms with van der Waals surface area (Å²) >= 11 is 0. The molecule has 2 rings (SSSR count). The van der Waals surface area contributed by atoms with Crippen molar-refractivity contribution in [3.05, 3.63) is 64.5 Å². The molecule has 2 aromatic rings. The average Bonchev–Trinajstić information content (AvgIpc) is 2.38. The average molecular weight is 229 g/mol. The van der Waals surface area contributed by atoms with E-state index in [1.165, 1.54) is 18.2 Å². The van der Waals surface area contributed by atoms with Crippen molar-refractivity contribution in [1.29, 1.82) is 0 Å². The van der Waals surface area contributed by atoms with Crippen LogP contribution >= 0.6 is 0 Å². The Hall–Kier alpha value is -2.43. The van der Waals surface area contributed by atoms with E-state index >= 15 is 0 Å². The van der Waals surface area contributed by atoms with E-state index in [0.29, 0.717) is 12.4 Å². The van der Waals surface area contributed by atoms with E-state index in [2.05, 4.69) is 11.1 Å². The molecule has 1 heterocycles. The summed E-state index contributed by atoms with van der Waals surface area (Å²) in [7, 11) is 0. The number of benzene rings is 1. The first-order valence-corrected chi connectivity index (χ1v) is 4.94. The standard InChI is InChI=1S/C12H9N2O3/c15-14(16)11-4-6-12(7-5-11)17-9-10-3-1-2-8-13-10/h1-6,8H,9H2. The minimum atomic E-state index is -0.473. The third kappa shape index (κ3) is 3.01. The fourth-order valence-electron chi connectivity index (χ4n) is 1.24. The van der Waals surface area contributed by atoms with Gasteiger partial charge in [-0.25, -0.2) is 0 Å². The topological polar surface area (TPSA) is 65.3 Å². The highest BCUT2D eigenvalue weighted by Gasteiger charge is 2.04. The molecule has 0 unspecified atom stereocenters. The highest BCUT2D eigenvalue weighted by molar-refractivity contribution is 5.34. The smallest absolute Gasteiger partial charge is 0.270 e. The molecule has 1 aromatic heterocycles. The summed E-state index contributed by atoms with van der Waals surface area (Å²) in [5, 5.41) is 10.4. The van der Waals surface area contributed by atoms with E-state index in [1.54, 1.807) is 6.20 Å². The predicted octanol–water partition coefficient (Wildman–Crippen LogP) is 2.37. The summed E-state index contributed by atoms with van der Waals surface area (Å²) in [6.07, 6.45) is 1.68. The van der Waals surface area contributed by atoms with Crippen molar-refractivity contribution >= 4 is 5.69 Å². The molecule has 0 aliphatic carbocycles. The van der Waals surface area contributed by atoms with Gasteiger partial charge in [-0.15, -0.1) is 0 Å². The van der Waals surface area contributed by atoms with Crippen molar-refractivity contribution < 1.29 is 9.66 Å². The molecule has 0 saturated heterocycles. The van der Waals surface area contributed by atoms with E-state index in [9.17, 15) is 10.1 Å². The molecule has 0 fully saturated rings. The molecular formula is C12H9N2O3. The van der Waals surface area contributed by atoms with Gasteiger partial charge in [0.2, 0.25) is 0 Å². The molecule has 5 heteroatoms. The molecule has 0 aliphatic heterocycles. The van der Waals surface area contributed by atoms with Crippen molar-refractivity contribution in [3.63, 3.8) is 0 Å². The summed E-state index contributed by atoms with van der Waals surface area (Å²) in [5.74, 6) is 0.459. The van der Waals surface area contributed by atoms with Gasteiger partial charge in [0.25, 0.3) is 5.69 Å². The Morgan fingerprint density at radius 3 is 2.82 bits per heavy atom.